The molecule has 180 valence electrons. The van der Waals surface area contributed by atoms with E-state index < -0.39 is 11.7 Å². The van der Waals surface area contributed by atoms with E-state index in [1.165, 1.54) is 23.3 Å². The average Bonchev–Trinajstić information content (AvgIpc) is 3.37. The van der Waals surface area contributed by atoms with Crippen LogP contribution in [0.5, 0.6) is 0 Å². The van der Waals surface area contributed by atoms with Crippen molar-refractivity contribution in [3.63, 3.8) is 0 Å². The van der Waals surface area contributed by atoms with Gasteiger partial charge in [-0.3, -0.25) is 14.7 Å². The highest BCUT2D eigenvalue weighted by Crippen LogP contribution is 2.32. The molecule has 1 amide bonds. The number of alkyl halides is 3. The smallest absolute Gasteiger partial charge is 0.322 e. The van der Waals surface area contributed by atoms with Crippen molar-refractivity contribution >= 4 is 11.6 Å². The maximum atomic E-state index is 13.1. The third kappa shape index (κ3) is 5.16. The zero-order chi connectivity index (χ0) is 24.4. The van der Waals surface area contributed by atoms with Crippen LogP contribution in [0.1, 0.15) is 27.0 Å². The van der Waals surface area contributed by atoms with Gasteiger partial charge in [0, 0.05) is 36.7 Å². The number of amides is 1. The molecule has 2 aliphatic heterocycles. The van der Waals surface area contributed by atoms with E-state index in [-0.39, 0.29) is 5.91 Å². The molecule has 0 aromatic heterocycles. The molecular weight excluding hydrogens is 455 g/mol. The number of nitrogens with zero attached hydrogens (tertiary/aromatic N) is 2. The number of hydrogen-bond acceptors (Lipinski definition) is 5. The summed E-state index contributed by atoms with van der Waals surface area (Å²) >= 11 is 0. The van der Waals surface area contributed by atoms with Gasteiger partial charge in [0.25, 0.3) is 5.91 Å². The molecule has 3 N–H and O–H groups in total. The minimum atomic E-state index is -4.40. The van der Waals surface area contributed by atoms with Gasteiger partial charge in [-0.25, -0.2) is 0 Å². The van der Waals surface area contributed by atoms with E-state index in [0.717, 1.165) is 38.3 Å². The largest absolute Gasteiger partial charge is 0.416 e. The van der Waals surface area contributed by atoms with Crippen molar-refractivity contribution in [1.82, 2.24) is 20.9 Å². The van der Waals surface area contributed by atoms with Gasteiger partial charge in [0.15, 0.2) is 0 Å². The van der Waals surface area contributed by atoms with Crippen LogP contribution in [0.25, 0.3) is 11.1 Å². The lowest BCUT2D eigenvalue weighted by molar-refractivity contribution is -0.137. The molecule has 9 heteroatoms. The fraction of sp³-hybridized carbons (Fsp3) is 0.192. The molecule has 0 radical (unpaired) electrons. The highest BCUT2D eigenvalue weighted by molar-refractivity contribution is 6.08. The predicted molar refractivity (Wildman–Crippen MR) is 128 cm³/mol. The Balaban J connectivity index is 1.30. The van der Waals surface area contributed by atoms with Gasteiger partial charge < -0.3 is 10.7 Å². The number of nitrogens with one attached hydrogen (secondary N) is 3. The highest BCUT2D eigenvalue weighted by atomic mass is 19.4. The minimum Gasteiger partial charge on any atom is -0.322 e. The summed E-state index contributed by atoms with van der Waals surface area (Å²) in [6.45, 7) is 2.46. The van der Waals surface area contributed by atoms with Crippen molar-refractivity contribution in [3.05, 3.63) is 101 Å². The van der Waals surface area contributed by atoms with Gasteiger partial charge in [0.05, 0.1) is 12.2 Å². The number of hydrogen-bond donors (Lipinski definition) is 3. The van der Waals surface area contributed by atoms with Crippen molar-refractivity contribution in [1.29, 1.82) is 0 Å². The lowest BCUT2D eigenvalue weighted by Crippen LogP contribution is -2.44. The van der Waals surface area contributed by atoms with Crippen LogP contribution in [0.3, 0.4) is 0 Å². The molecule has 0 bridgehead atoms. The first kappa shape index (κ1) is 22.9. The molecule has 2 heterocycles. The Kier molecular flexibility index (Phi) is 6.19. The van der Waals surface area contributed by atoms with E-state index in [1.54, 1.807) is 24.3 Å². The molecule has 6 nitrogen and oxygen atoms in total. The van der Waals surface area contributed by atoms with Crippen LogP contribution < -0.4 is 16.3 Å². The highest BCUT2D eigenvalue weighted by Gasteiger charge is 2.30. The van der Waals surface area contributed by atoms with Crippen molar-refractivity contribution in [2.45, 2.75) is 19.1 Å². The van der Waals surface area contributed by atoms with Gasteiger partial charge in [-0.1, -0.05) is 36.4 Å². The van der Waals surface area contributed by atoms with E-state index in [2.05, 4.69) is 21.2 Å². The third-order valence-electron chi connectivity index (χ3n) is 6.15. The molecule has 0 aliphatic carbocycles. The molecule has 0 atom stereocenters. The first-order chi connectivity index (χ1) is 16.9. The van der Waals surface area contributed by atoms with E-state index in [1.807, 2.05) is 35.6 Å². The summed E-state index contributed by atoms with van der Waals surface area (Å²) in [4.78, 5) is 15.4. The van der Waals surface area contributed by atoms with Crippen LogP contribution in [0, 0.1) is 0 Å². The zero-order valence-corrected chi connectivity index (χ0v) is 18.8. The molecule has 35 heavy (non-hydrogen) atoms. The second-order valence-electron chi connectivity index (χ2n) is 8.54. The first-order valence-electron chi connectivity index (χ1n) is 11.2. The Morgan fingerprint density at radius 2 is 1.80 bits per heavy atom. The first-order valence-corrected chi connectivity index (χ1v) is 11.2. The molecule has 3 aromatic carbocycles. The quantitative estimate of drug-likeness (QED) is 0.494. The Morgan fingerprint density at radius 1 is 1.00 bits per heavy atom. The Hall–Kier alpha value is -3.82. The fourth-order valence-corrected chi connectivity index (χ4v) is 4.36. The third-order valence-corrected chi connectivity index (χ3v) is 6.15. The summed E-state index contributed by atoms with van der Waals surface area (Å²) in [5.41, 5.74) is 9.86. The average molecular weight is 480 g/mol. The summed E-state index contributed by atoms with van der Waals surface area (Å²) in [5, 5.41) is 4.92. The summed E-state index contributed by atoms with van der Waals surface area (Å²) in [6.07, 6.45) is 0.240. The number of carbonyl (C=O) groups is 1. The van der Waals surface area contributed by atoms with Gasteiger partial charge in [-0.05, 0) is 59.0 Å². The monoisotopic (exact) mass is 479 g/mol. The van der Waals surface area contributed by atoms with Gasteiger partial charge >= 0.3 is 6.18 Å². The van der Waals surface area contributed by atoms with Crippen molar-refractivity contribution in [3.8, 4) is 11.1 Å². The number of rotatable bonds is 5. The predicted octanol–water partition coefficient (Wildman–Crippen LogP) is 4.74. The van der Waals surface area contributed by atoms with Crippen LogP contribution in [-0.2, 0) is 19.1 Å². The molecule has 0 saturated carbocycles. The number of hydrazine groups is 2. The van der Waals surface area contributed by atoms with E-state index in [9.17, 15) is 18.0 Å². The summed E-state index contributed by atoms with van der Waals surface area (Å²) in [7, 11) is 0. The summed E-state index contributed by atoms with van der Waals surface area (Å²) < 4.78 is 38.8. The van der Waals surface area contributed by atoms with Crippen LogP contribution in [0.4, 0.5) is 18.9 Å². The molecular formula is C26H24F3N5O. The van der Waals surface area contributed by atoms with Gasteiger partial charge in [-0.2, -0.15) is 13.2 Å². The van der Waals surface area contributed by atoms with Gasteiger partial charge in [0.1, 0.15) is 0 Å². The maximum Gasteiger partial charge on any atom is 0.416 e. The van der Waals surface area contributed by atoms with Crippen LogP contribution in [0.2, 0.25) is 0 Å². The summed E-state index contributed by atoms with van der Waals surface area (Å²) in [6, 6.07) is 17.7. The maximum absolute atomic E-state index is 13.1. The second-order valence-corrected chi connectivity index (χ2v) is 8.54. The zero-order valence-electron chi connectivity index (χ0n) is 18.8. The molecule has 0 saturated heterocycles. The van der Waals surface area contributed by atoms with Crippen molar-refractivity contribution < 1.29 is 18.0 Å². The van der Waals surface area contributed by atoms with Gasteiger partial charge in [-0.15, -0.1) is 5.53 Å². The van der Waals surface area contributed by atoms with Crippen LogP contribution >= 0.6 is 0 Å². The Morgan fingerprint density at radius 3 is 2.54 bits per heavy atom. The van der Waals surface area contributed by atoms with E-state index in [0.29, 0.717) is 22.4 Å². The van der Waals surface area contributed by atoms with Gasteiger partial charge in [0.2, 0.25) is 0 Å². The van der Waals surface area contributed by atoms with Crippen LogP contribution in [-0.4, -0.2) is 29.0 Å². The number of benzene rings is 3. The number of carbonyl (C=O) groups excluding carboxylic acids is 1. The number of fused-ring (bicyclic) bond motifs is 1. The normalized spacial score (nSPS) is 15.6. The second kappa shape index (κ2) is 9.44. The minimum absolute atomic E-state index is 0.308. The molecule has 0 unspecified atom stereocenters. The standard InChI is InChI=1S/C26H24F3N5O/c27-26(28,29)21-8-5-18(6-9-21)23-3-1-2-4-24(23)25(35)31-22-10-7-20-16-33(13-11-19(20)15-22)17-34-14-12-30-32-34/h1-10,12,14-15,30,32H,11,13,16-17H2,(H,31,35). The molecule has 0 fully saturated rings. The molecule has 5 rings (SSSR count). The lowest BCUT2D eigenvalue weighted by Gasteiger charge is -2.32. The van der Waals surface area contributed by atoms with E-state index in [4.69, 9.17) is 0 Å². The Bertz CT molecular complexity index is 1260. The topological polar surface area (TPSA) is 59.6 Å². The molecule has 0 spiro atoms. The lowest BCUT2D eigenvalue weighted by atomic mass is 9.97. The van der Waals surface area contributed by atoms with Crippen LogP contribution in [0.15, 0.2) is 79.1 Å². The SMILES string of the molecule is O=C(Nc1ccc2c(c1)CCN(CN1C=CNN1)C2)c1ccccc1-c1ccc(C(F)(F)F)cc1. The number of anilines is 1. The molecule has 2 aliphatic rings. The van der Waals surface area contributed by atoms with E-state index >= 15 is 0 Å². The van der Waals surface area contributed by atoms with Crippen molar-refractivity contribution in [2.24, 2.45) is 0 Å². The summed E-state index contributed by atoms with van der Waals surface area (Å²) in [5.74, 6) is -0.308. The Labute approximate surface area is 201 Å². The van der Waals surface area contributed by atoms with Crippen molar-refractivity contribution in [2.75, 3.05) is 18.5 Å². The fourth-order valence-electron chi connectivity index (χ4n) is 4.36. The molecule has 3 aromatic rings. The number of halogens is 3.